The minimum Gasteiger partial charge on any atom is -0.390 e. The average molecular weight is 276 g/mol. The molecule has 20 heavy (non-hydrogen) atoms. The summed E-state index contributed by atoms with van der Waals surface area (Å²) in [5.74, 6) is 1.25. The van der Waals surface area contributed by atoms with Crippen LogP contribution in [-0.4, -0.2) is 17.8 Å². The molecule has 0 heterocycles. The smallest absolute Gasteiger partial charge is 0.109 e. The molecule has 2 nitrogen and oxygen atoms in total. The van der Waals surface area contributed by atoms with Crippen molar-refractivity contribution in [1.82, 2.24) is 0 Å². The topological polar surface area (TPSA) is 29.5 Å². The van der Waals surface area contributed by atoms with E-state index < -0.39 is 0 Å². The van der Waals surface area contributed by atoms with E-state index in [4.69, 9.17) is 4.74 Å². The summed E-state index contributed by atoms with van der Waals surface area (Å²) >= 11 is 0. The first-order chi connectivity index (χ1) is 9.76. The van der Waals surface area contributed by atoms with Crippen molar-refractivity contribution in [3.8, 4) is 0 Å². The van der Waals surface area contributed by atoms with Gasteiger partial charge in [-0.25, -0.2) is 0 Å². The van der Waals surface area contributed by atoms with E-state index in [1.54, 1.807) is 0 Å². The van der Waals surface area contributed by atoms with E-state index in [-0.39, 0.29) is 12.2 Å². The van der Waals surface area contributed by atoms with Crippen LogP contribution in [0.2, 0.25) is 0 Å². The molecule has 1 aliphatic rings. The summed E-state index contributed by atoms with van der Waals surface area (Å²) in [5, 5.41) is 10.8. The Bertz CT molecular complexity index is 368. The molecule has 0 aliphatic heterocycles. The summed E-state index contributed by atoms with van der Waals surface area (Å²) in [7, 11) is 0. The van der Waals surface area contributed by atoms with Crippen molar-refractivity contribution in [2.24, 2.45) is 11.8 Å². The second-order valence-corrected chi connectivity index (χ2v) is 5.97. The fourth-order valence-electron chi connectivity index (χ4n) is 3.40. The third kappa shape index (κ3) is 3.83. The van der Waals surface area contributed by atoms with Gasteiger partial charge in [-0.1, -0.05) is 56.5 Å². The van der Waals surface area contributed by atoms with Gasteiger partial charge in [0.15, 0.2) is 0 Å². The highest BCUT2D eigenvalue weighted by Crippen LogP contribution is 2.37. The summed E-state index contributed by atoms with van der Waals surface area (Å²) in [6.45, 7) is 4.91. The highest BCUT2D eigenvalue weighted by Gasteiger charge is 2.32. The molecule has 1 aliphatic carbocycles. The van der Waals surface area contributed by atoms with E-state index in [1.807, 2.05) is 25.1 Å². The number of rotatable bonds is 6. The molecule has 1 aromatic rings. The molecule has 112 valence electrons. The zero-order chi connectivity index (χ0) is 14.4. The maximum absolute atomic E-state index is 10.8. The molecule has 0 saturated heterocycles. The molecule has 0 radical (unpaired) electrons. The summed E-state index contributed by atoms with van der Waals surface area (Å²) in [6.07, 6.45) is 5.50. The second kappa shape index (κ2) is 7.80. The number of hydrogen-bond donors (Lipinski definition) is 1. The van der Waals surface area contributed by atoms with E-state index in [9.17, 15) is 5.11 Å². The SMILES string of the molecule is CCOC(c1ccccc1)C(O)C1CCC(CC)CC1. The molecule has 1 N–H and O–H groups in total. The van der Waals surface area contributed by atoms with Crippen LogP contribution in [0, 0.1) is 11.8 Å². The molecule has 2 unspecified atom stereocenters. The molecule has 0 amide bonds. The van der Waals surface area contributed by atoms with Gasteiger partial charge in [0.2, 0.25) is 0 Å². The van der Waals surface area contributed by atoms with E-state index in [0.29, 0.717) is 12.5 Å². The van der Waals surface area contributed by atoms with Crippen LogP contribution in [0.1, 0.15) is 57.6 Å². The number of hydrogen-bond acceptors (Lipinski definition) is 2. The molecular weight excluding hydrogens is 248 g/mol. The number of aliphatic hydroxyl groups is 1. The second-order valence-electron chi connectivity index (χ2n) is 5.97. The van der Waals surface area contributed by atoms with Crippen LogP contribution in [0.15, 0.2) is 30.3 Å². The molecule has 0 bridgehead atoms. The predicted molar refractivity (Wildman–Crippen MR) is 82.6 cm³/mol. The van der Waals surface area contributed by atoms with Crippen molar-refractivity contribution >= 4 is 0 Å². The lowest BCUT2D eigenvalue weighted by Gasteiger charge is -2.35. The highest BCUT2D eigenvalue weighted by atomic mass is 16.5. The van der Waals surface area contributed by atoms with Gasteiger partial charge < -0.3 is 9.84 Å². The van der Waals surface area contributed by atoms with E-state index in [0.717, 1.165) is 24.3 Å². The standard InChI is InChI=1S/C18H28O2/c1-3-14-10-12-15(13-11-14)17(19)18(20-4-2)16-8-6-5-7-9-16/h5-9,14-15,17-19H,3-4,10-13H2,1-2H3. The Morgan fingerprint density at radius 1 is 1.10 bits per heavy atom. The molecule has 2 atom stereocenters. The molecule has 1 fully saturated rings. The molecular formula is C18H28O2. The summed E-state index contributed by atoms with van der Waals surface area (Å²) in [6, 6.07) is 10.2. The first-order valence-electron chi connectivity index (χ1n) is 8.10. The van der Waals surface area contributed by atoms with E-state index >= 15 is 0 Å². The van der Waals surface area contributed by atoms with E-state index in [2.05, 4.69) is 19.1 Å². The molecule has 0 aromatic heterocycles. The maximum atomic E-state index is 10.8. The molecule has 0 spiro atoms. The average Bonchev–Trinajstić information content (AvgIpc) is 2.53. The van der Waals surface area contributed by atoms with Crippen molar-refractivity contribution in [2.75, 3.05) is 6.61 Å². The number of aliphatic hydroxyl groups excluding tert-OH is 1. The Morgan fingerprint density at radius 3 is 2.30 bits per heavy atom. The lowest BCUT2D eigenvalue weighted by molar-refractivity contribution is -0.0696. The zero-order valence-corrected chi connectivity index (χ0v) is 12.8. The van der Waals surface area contributed by atoms with Crippen molar-refractivity contribution in [2.45, 2.75) is 58.2 Å². The van der Waals surface area contributed by atoms with Crippen LogP contribution in [0.4, 0.5) is 0 Å². The van der Waals surface area contributed by atoms with Gasteiger partial charge >= 0.3 is 0 Å². The third-order valence-electron chi connectivity index (χ3n) is 4.74. The quantitative estimate of drug-likeness (QED) is 0.837. The Balaban J connectivity index is 2.02. The van der Waals surface area contributed by atoms with Gasteiger partial charge in [0.05, 0.1) is 6.10 Å². The van der Waals surface area contributed by atoms with Crippen molar-refractivity contribution < 1.29 is 9.84 Å². The van der Waals surface area contributed by atoms with Gasteiger partial charge in [-0.2, -0.15) is 0 Å². The van der Waals surface area contributed by atoms with Crippen molar-refractivity contribution in [3.05, 3.63) is 35.9 Å². The van der Waals surface area contributed by atoms with Gasteiger partial charge in [0, 0.05) is 6.61 Å². The lowest BCUT2D eigenvalue weighted by Crippen LogP contribution is -2.32. The number of benzene rings is 1. The molecule has 2 heteroatoms. The van der Waals surface area contributed by atoms with Crippen molar-refractivity contribution in [3.63, 3.8) is 0 Å². The predicted octanol–water partition coefficient (Wildman–Crippen LogP) is 4.34. The Kier molecular flexibility index (Phi) is 6.06. The molecule has 1 aromatic carbocycles. The third-order valence-corrected chi connectivity index (χ3v) is 4.74. The number of ether oxygens (including phenoxy) is 1. The minimum atomic E-state index is -0.379. The zero-order valence-electron chi connectivity index (χ0n) is 12.8. The van der Waals surface area contributed by atoms with Crippen LogP contribution < -0.4 is 0 Å². The van der Waals surface area contributed by atoms with Gasteiger partial charge in [-0.15, -0.1) is 0 Å². The Morgan fingerprint density at radius 2 is 1.75 bits per heavy atom. The fraction of sp³-hybridized carbons (Fsp3) is 0.667. The monoisotopic (exact) mass is 276 g/mol. The van der Waals surface area contributed by atoms with Gasteiger partial charge in [0.1, 0.15) is 6.10 Å². The maximum Gasteiger partial charge on any atom is 0.109 e. The summed E-state index contributed by atoms with van der Waals surface area (Å²) in [4.78, 5) is 0. The summed E-state index contributed by atoms with van der Waals surface area (Å²) < 4.78 is 5.85. The van der Waals surface area contributed by atoms with Crippen LogP contribution in [-0.2, 0) is 4.74 Å². The minimum absolute atomic E-state index is 0.177. The highest BCUT2D eigenvalue weighted by molar-refractivity contribution is 5.19. The van der Waals surface area contributed by atoms with E-state index in [1.165, 1.54) is 19.3 Å². The van der Waals surface area contributed by atoms with Crippen LogP contribution >= 0.6 is 0 Å². The van der Waals surface area contributed by atoms with Gasteiger partial charge in [0.25, 0.3) is 0 Å². The molecule has 2 rings (SSSR count). The first kappa shape index (κ1) is 15.5. The van der Waals surface area contributed by atoms with Crippen molar-refractivity contribution in [1.29, 1.82) is 0 Å². The van der Waals surface area contributed by atoms with Crippen LogP contribution in [0.5, 0.6) is 0 Å². The fourth-order valence-corrected chi connectivity index (χ4v) is 3.40. The normalized spacial score (nSPS) is 26.1. The van der Waals surface area contributed by atoms with Crippen LogP contribution in [0.3, 0.4) is 0 Å². The van der Waals surface area contributed by atoms with Gasteiger partial charge in [-0.05, 0) is 37.2 Å². The van der Waals surface area contributed by atoms with Crippen LogP contribution in [0.25, 0.3) is 0 Å². The largest absolute Gasteiger partial charge is 0.390 e. The Labute approximate surface area is 123 Å². The lowest BCUT2D eigenvalue weighted by atomic mass is 9.76. The molecule has 1 saturated carbocycles. The van der Waals surface area contributed by atoms with Gasteiger partial charge in [-0.3, -0.25) is 0 Å². The first-order valence-corrected chi connectivity index (χ1v) is 8.10. The Hall–Kier alpha value is -0.860. The summed E-state index contributed by atoms with van der Waals surface area (Å²) in [5.41, 5.74) is 1.10.